The first-order valence-electron chi connectivity index (χ1n) is 7.86. The molecule has 1 aromatic carbocycles. The van der Waals surface area contributed by atoms with E-state index < -0.39 is 6.09 Å². The lowest BCUT2D eigenvalue weighted by atomic mass is 9.96. The van der Waals surface area contributed by atoms with Crippen LogP contribution < -0.4 is 10.6 Å². The number of amides is 2. The molecule has 0 saturated carbocycles. The van der Waals surface area contributed by atoms with Crippen LogP contribution >= 0.6 is 0 Å². The lowest BCUT2D eigenvalue weighted by molar-refractivity contribution is -0.116. The summed E-state index contributed by atoms with van der Waals surface area (Å²) in [7, 11) is 1.29. The molecule has 0 aliphatic rings. The van der Waals surface area contributed by atoms with Crippen molar-refractivity contribution in [2.75, 3.05) is 17.7 Å². The quantitative estimate of drug-likeness (QED) is 0.861. The van der Waals surface area contributed by atoms with Crippen LogP contribution in [0.2, 0.25) is 0 Å². The molecule has 1 heterocycles. The van der Waals surface area contributed by atoms with E-state index in [1.54, 1.807) is 24.3 Å². The Hall–Kier alpha value is -2.90. The summed E-state index contributed by atoms with van der Waals surface area (Å²) < 4.78 is 9.67. The minimum absolute atomic E-state index is 0.163. The van der Waals surface area contributed by atoms with Crippen molar-refractivity contribution < 1.29 is 18.8 Å². The summed E-state index contributed by atoms with van der Waals surface area (Å²) in [6.07, 6.45) is 0.0520. The monoisotopic (exact) mass is 346 g/mol. The van der Waals surface area contributed by atoms with Crippen LogP contribution in [-0.4, -0.2) is 29.3 Å². The van der Waals surface area contributed by atoms with Crippen LogP contribution in [0.25, 0.3) is 0 Å². The van der Waals surface area contributed by atoms with E-state index in [-0.39, 0.29) is 17.7 Å². The molecule has 2 aromatic rings. The molecule has 0 fully saturated rings. The van der Waals surface area contributed by atoms with Crippen molar-refractivity contribution in [3.63, 3.8) is 0 Å². The Morgan fingerprint density at radius 1 is 1.12 bits per heavy atom. The highest BCUT2D eigenvalue weighted by Gasteiger charge is 2.21. The van der Waals surface area contributed by atoms with Gasteiger partial charge in [0.05, 0.1) is 7.11 Å². The van der Waals surface area contributed by atoms with Crippen LogP contribution in [0.4, 0.5) is 16.2 Å². The Kier molecular flexibility index (Phi) is 5.74. The lowest BCUT2D eigenvalue weighted by Crippen LogP contribution is -2.14. The molecule has 2 rings (SSSR count). The van der Waals surface area contributed by atoms with E-state index in [9.17, 15) is 9.59 Å². The van der Waals surface area contributed by atoms with Crippen LogP contribution in [0.15, 0.2) is 28.8 Å². The van der Waals surface area contributed by atoms with Crippen LogP contribution in [-0.2, 0) is 21.4 Å². The van der Waals surface area contributed by atoms with Crippen molar-refractivity contribution >= 4 is 23.4 Å². The molecule has 0 atom stereocenters. The normalized spacial score (nSPS) is 11.0. The number of aromatic nitrogens is 2. The van der Waals surface area contributed by atoms with Crippen LogP contribution in [0.5, 0.6) is 0 Å². The van der Waals surface area contributed by atoms with E-state index in [1.165, 1.54) is 7.11 Å². The number of hydrogen-bond acceptors (Lipinski definition) is 6. The number of carbonyl (C=O) groups is 2. The van der Waals surface area contributed by atoms with Crippen LogP contribution in [0.1, 0.15) is 38.9 Å². The summed E-state index contributed by atoms with van der Waals surface area (Å²) in [5.41, 5.74) is 1.01. The maximum absolute atomic E-state index is 12.0. The second kappa shape index (κ2) is 7.78. The van der Waals surface area contributed by atoms with Gasteiger partial charge in [-0.15, -0.1) is 0 Å². The maximum atomic E-state index is 12.0. The van der Waals surface area contributed by atoms with Gasteiger partial charge in [-0.3, -0.25) is 10.1 Å². The number of nitrogens with zero attached hydrogens (tertiary/aromatic N) is 2. The minimum Gasteiger partial charge on any atom is -0.453 e. The largest absolute Gasteiger partial charge is 0.453 e. The van der Waals surface area contributed by atoms with Gasteiger partial charge in [-0.05, 0) is 24.3 Å². The number of benzene rings is 1. The van der Waals surface area contributed by atoms with Crippen molar-refractivity contribution in [2.45, 2.75) is 39.0 Å². The first-order chi connectivity index (χ1) is 11.8. The van der Waals surface area contributed by atoms with Gasteiger partial charge in [-0.1, -0.05) is 25.9 Å². The number of ether oxygens (including phenoxy) is 1. The number of aryl methyl sites for hydroxylation is 1. The van der Waals surface area contributed by atoms with E-state index >= 15 is 0 Å². The minimum atomic E-state index is -0.550. The first kappa shape index (κ1) is 18.4. The predicted octanol–water partition coefficient (Wildman–Crippen LogP) is 3.12. The molecular formula is C17H22N4O4. The summed E-state index contributed by atoms with van der Waals surface area (Å²) >= 11 is 0. The zero-order valence-electron chi connectivity index (χ0n) is 14.8. The van der Waals surface area contributed by atoms with Gasteiger partial charge in [-0.25, -0.2) is 4.79 Å². The van der Waals surface area contributed by atoms with E-state index in [0.717, 1.165) is 0 Å². The summed E-state index contributed by atoms with van der Waals surface area (Å²) in [5, 5.41) is 9.23. The lowest BCUT2D eigenvalue weighted by Gasteiger charge is -2.10. The number of carbonyl (C=O) groups excluding carboxylic acids is 2. The van der Waals surface area contributed by atoms with Crippen LogP contribution in [0, 0.1) is 0 Å². The summed E-state index contributed by atoms with van der Waals surface area (Å²) in [6.45, 7) is 5.98. The number of nitrogens with one attached hydrogen (secondary N) is 2. The molecule has 134 valence electrons. The molecule has 0 unspecified atom stereocenters. The SMILES string of the molecule is COC(=O)Nc1ccc(NC(=O)CCc2nc(C(C)(C)C)no2)cc1. The third kappa shape index (κ3) is 5.59. The summed E-state index contributed by atoms with van der Waals surface area (Å²) in [5.74, 6) is 0.901. The van der Waals surface area contributed by atoms with Crippen molar-refractivity contribution in [1.29, 1.82) is 0 Å². The fraction of sp³-hybridized carbons (Fsp3) is 0.412. The topological polar surface area (TPSA) is 106 Å². The average molecular weight is 346 g/mol. The zero-order valence-corrected chi connectivity index (χ0v) is 14.8. The van der Waals surface area contributed by atoms with Gasteiger partial charge < -0.3 is 14.6 Å². The molecule has 0 bridgehead atoms. The average Bonchev–Trinajstić information content (AvgIpc) is 3.04. The second-order valence-electron chi connectivity index (χ2n) is 6.50. The van der Waals surface area contributed by atoms with Gasteiger partial charge in [-0.2, -0.15) is 4.98 Å². The molecule has 0 radical (unpaired) electrons. The Morgan fingerprint density at radius 3 is 2.24 bits per heavy atom. The molecular weight excluding hydrogens is 324 g/mol. The van der Waals surface area contributed by atoms with Crippen molar-refractivity contribution in [3.8, 4) is 0 Å². The molecule has 2 N–H and O–H groups in total. The highest BCUT2D eigenvalue weighted by atomic mass is 16.5. The van der Waals surface area contributed by atoms with Crippen LogP contribution in [0.3, 0.4) is 0 Å². The smallest absolute Gasteiger partial charge is 0.411 e. The van der Waals surface area contributed by atoms with E-state index in [1.807, 2.05) is 20.8 Å². The molecule has 8 heteroatoms. The Balaban J connectivity index is 1.84. The van der Waals surface area contributed by atoms with Gasteiger partial charge in [0, 0.05) is 29.6 Å². The van der Waals surface area contributed by atoms with Crippen molar-refractivity contribution in [1.82, 2.24) is 10.1 Å². The standard InChI is InChI=1S/C17H22N4O4/c1-17(2,3)15-20-14(25-21-15)10-9-13(22)18-11-5-7-12(8-6-11)19-16(23)24-4/h5-8H,9-10H2,1-4H3,(H,18,22)(H,19,23). The van der Waals surface area contributed by atoms with Gasteiger partial charge in [0.15, 0.2) is 5.82 Å². The highest BCUT2D eigenvalue weighted by Crippen LogP contribution is 2.19. The second-order valence-corrected chi connectivity index (χ2v) is 6.50. The number of methoxy groups -OCH3 is 1. The molecule has 8 nitrogen and oxygen atoms in total. The molecule has 25 heavy (non-hydrogen) atoms. The van der Waals surface area contributed by atoms with Gasteiger partial charge in [0.2, 0.25) is 11.8 Å². The number of rotatable bonds is 5. The molecule has 0 saturated heterocycles. The van der Waals surface area contributed by atoms with Gasteiger partial charge >= 0.3 is 6.09 Å². The fourth-order valence-electron chi connectivity index (χ4n) is 1.91. The molecule has 1 aromatic heterocycles. The summed E-state index contributed by atoms with van der Waals surface area (Å²) in [6, 6.07) is 6.71. The molecule has 0 aliphatic carbocycles. The number of anilines is 2. The van der Waals surface area contributed by atoms with E-state index in [0.29, 0.717) is 29.5 Å². The molecule has 0 spiro atoms. The Labute approximate surface area is 145 Å². The first-order valence-corrected chi connectivity index (χ1v) is 7.86. The number of hydrogen-bond donors (Lipinski definition) is 2. The van der Waals surface area contributed by atoms with Gasteiger partial charge in [0.25, 0.3) is 0 Å². The fourth-order valence-corrected chi connectivity index (χ4v) is 1.91. The van der Waals surface area contributed by atoms with E-state index in [4.69, 9.17) is 4.52 Å². The Morgan fingerprint density at radius 2 is 1.72 bits per heavy atom. The third-order valence-corrected chi connectivity index (χ3v) is 3.31. The predicted molar refractivity (Wildman–Crippen MR) is 92.4 cm³/mol. The van der Waals surface area contributed by atoms with Crippen molar-refractivity contribution in [3.05, 3.63) is 36.0 Å². The maximum Gasteiger partial charge on any atom is 0.411 e. The highest BCUT2D eigenvalue weighted by molar-refractivity contribution is 5.91. The summed E-state index contributed by atoms with van der Waals surface area (Å²) in [4.78, 5) is 27.4. The van der Waals surface area contributed by atoms with Gasteiger partial charge in [0.1, 0.15) is 0 Å². The Bertz CT molecular complexity index is 732. The zero-order chi connectivity index (χ0) is 18.4. The van der Waals surface area contributed by atoms with Crippen molar-refractivity contribution in [2.24, 2.45) is 0 Å². The third-order valence-electron chi connectivity index (χ3n) is 3.31. The molecule has 2 amide bonds. The molecule has 0 aliphatic heterocycles. The van der Waals surface area contributed by atoms with E-state index in [2.05, 4.69) is 25.5 Å².